The number of hydrogen-bond donors (Lipinski definition) is 1. The Morgan fingerprint density at radius 1 is 1.09 bits per heavy atom. The third-order valence-corrected chi connectivity index (χ3v) is 4.35. The largest absolute Gasteiger partial charge is 0.481 e. The molecule has 2 nitrogen and oxygen atoms in total. The van der Waals surface area contributed by atoms with Crippen molar-refractivity contribution >= 4 is 17.7 Å². The molecule has 0 saturated carbocycles. The van der Waals surface area contributed by atoms with Crippen molar-refractivity contribution in [1.29, 1.82) is 0 Å². The minimum Gasteiger partial charge on any atom is -0.481 e. The van der Waals surface area contributed by atoms with Gasteiger partial charge in [0.05, 0.1) is 12.0 Å². The highest BCUT2D eigenvalue weighted by Crippen LogP contribution is 2.40. The zero-order chi connectivity index (χ0) is 17.0. The van der Waals surface area contributed by atoms with Crippen molar-refractivity contribution in [2.24, 2.45) is 0 Å². The lowest BCUT2D eigenvalue weighted by molar-refractivity contribution is -0.140. The monoisotopic (exact) mass is 340 g/mol. The van der Waals surface area contributed by atoms with Crippen LogP contribution in [-0.2, 0) is 23.8 Å². The van der Waals surface area contributed by atoms with E-state index >= 15 is 0 Å². The Labute approximate surface area is 136 Å². The van der Waals surface area contributed by atoms with E-state index in [1.165, 1.54) is 12.1 Å². The molecule has 0 unspecified atom stereocenters. The van der Waals surface area contributed by atoms with Gasteiger partial charge < -0.3 is 5.11 Å². The summed E-state index contributed by atoms with van der Waals surface area (Å²) in [6, 6.07) is 11.0. The predicted octanol–water partition coefficient (Wildman–Crippen LogP) is 5.05. The summed E-state index contributed by atoms with van der Waals surface area (Å²) in [5, 5.41) is 8.73. The quantitative estimate of drug-likeness (QED) is 0.828. The first-order valence-electron chi connectivity index (χ1n) is 6.98. The molecule has 0 fully saturated rings. The summed E-state index contributed by atoms with van der Waals surface area (Å²) in [5.74, 6) is -1.16. The molecule has 0 heterocycles. The molecule has 2 aromatic rings. The number of benzene rings is 2. The van der Waals surface area contributed by atoms with Gasteiger partial charge in [-0.2, -0.15) is 13.2 Å². The highest BCUT2D eigenvalue weighted by molar-refractivity contribution is 7.99. The molecule has 2 aromatic carbocycles. The molecule has 0 radical (unpaired) electrons. The van der Waals surface area contributed by atoms with Crippen LogP contribution in [-0.4, -0.2) is 11.1 Å². The van der Waals surface area contributed by atoms with Crippen molar-refractivity contribution in [3.63, 3.8) is 0 Å². The van der Waals surface area contributed by atoms with Gasteiger partial charge in [0.2, 0.25) is 0 Å². The van der Waals surface area contributed by atoms with E-state index in [0.717, 1.165) is 29.8 Å². The molecule has 0 aliphatic carbocycles. The van der Waals surface area contributed by atoms with E-state index in [1.54, 1.807) is 12.1 Å². The molecule has 2 rings (SSSR count). The number of carbonyl (C=O) groups is 1. The first kappa shape index (κ1) is 17.4. The fraction of sp³-hybridized carbons (Fsp3) is 0.235. The molecule has 122 valence electrons. The van der Waals surface area contributed by atoms with Gasteiger partial charge >= 0.3 is 12.1 Å². The second-order valence-corrected chi connectivity index (χ2v) is 6.11. The number of hydrogen-bond acceptors (Lipinski definition) is 2. The first-order valence-corrected chi connectivity index (χ1v) is 7.80. The highest BCUT2D eigenvalue weighted by Gasteiger charge is 2.34. The van der Waals surface area contributed by atoms with Crippen molar-refractivity contribution < 1.29 is 23.1 Å². The van der Waals surface area contributed by atoms with E-state index in [9.17, 15) is 18.0 Å². The van der Waals surface area contributed by atoms with Crippen LogP contribution < -0.4 is 0 Å². The van der Waals surface area contributed by atoms with Crippen LogP contribution in [0.2, 0.25) is 0 Å². The molecule has 0 aliphatic rings. The molecular weight excluding hydrogens is 325 g/mol. The molecule has 0 spiro atoms. The molecule has 6 heteroatoms. The van der Waals surface area contributed by atoms with Gasteiger partial charge in [0.1, 0.15) is 0 Å². The lowest BCUT2D eigenvalue weighted by Crippen LogP contribution is -2.09. The predicted molar refractivity (Wildman–Crippen MR) is 82.7 cm³/mol. The van der Waals surface area contributed by atoms with Crippen LogP contribution in [0.15, 0.2) is 52.3 Å². The summed E-state index contributed by atoms with van der Waals surface area (Å²) in [7, 11) is 0. The Hall–Kier alpha value is -1.95. The lowest BCUT2D eigenvalue weighted by Gasteiger charge is -2.14. The van der Waals surface area contributed by atoms with Crippen molar-refractivity contribution in [2.75, 3.05) is 0 Å². The molecule has 0 bridgehead atoms. The second-order valence-electron chi connectivity index (χ2n) is 5.00. The summed E-state index contributed by atoms with van der Waals surface area (Å²) in [4.78, 5) is 11.5. The van der Waals surface area contributed by atoms with Gasteiger partial charge in [-0.05, 0) is 41.8 Å². The van der Waals surface area contributed by atoms with E-state index in [1.807, 2.05) is 19.1 Å². The number of aryl methyl sites for hydroxylation is 1. The Morgan fingerprint density at radius 2 is 1.70 bits per heavy atom. The molecule has 0 aromatic heterocycles. The summed E-state index contributed by atoms with van der Waals surface area (Å²) < 4.78 is 39.7. The second kappa shape index (κ2) is 7.08. The zero-order valence-corrected chi connectivity index (χ0v) is 13.2. The number of halogens is 3. The standard InChI is InChI=1S/C17H15F3O2S/c1-2-11-3-6-13(7-4-11)23-15-8-5-12(10-16(21)22)9-14(15)17(18,19)20/h3-9H,2,10H2,1H3,(H,21,22). The SMILES string of the molecule is CCc1ccc(Sc2ccc(CC(=O)O)cc2C(F)(F)F)cc1. The maximum atomic E-state index is 13.2. The Bertz CT molecular complexity index is 694. The van der Waals surface area contributed by atoms with Gasteiger partial charge in [-0.3, -0.25) is 4.79 Å². The molecule has 0 atom stereocenters. The average Bonchev–Trinajstić information content (AvgIpc) is 2.48. The summed E-state index contributed by atoms with van der Waals surface area (Å²) >= 11 is 1.02. The van der Waals surface area contributed by atoms with Crippen molar-refractivity contribution in [1.82, 2.24) is 0 Å². The van der Waals surface area contributed by atoms with Crippen LogP contribution >= 0.6 is 11.8 Å². The van der Waals surface area contributed by atoms with Gasteiger partial charge in [0.25, 0.3) is 0 Å². The fourth-order valence-corrected chi connectivity index (χ4v) is 3.04. The van der Waals surface area contributed by atoms with Crippen LogP contribution in [0, 0.1) is 0 Å². The fourth-order valence-electron chi connectivity index (χ4n) is 2.09. The van der Waals surface area contributed by atoms with E-state index in [2.05, 4.69) is 0 Å². The van der Waals surface area contributed by atoms with Crippen LogP contribution in [0.1, 0.15) is 23.6 Å². The van der Waals surface area contributed by atoms with E-state index < -0.39 is 24.1 Å². The van der Waals surface area contributed by atoms with Crippen LogP contribution in [0.5, 0.6) is 0 Å². The van der Waals surface area contributed by atoms with Gasteiger partial charge in [-0.15, -0.1) is 0 Å². The summed E-state index contributed by atoms with van der Waals surface area (Å²) in [5.41, 5.74) is 0.443. The van der Waals surface area contributed by atoms with Crippen LogP contribution in [0.3, 0.4) is 0 Å². The summed E-state index contributed by atoms with van der Waals surface area (Å²) in [6.07, 6.45) is -4.10. The zero-order valence-electron chi connectivity index (χ0n) is 12.4. The first-order chi connectivity index (χ1) is 10.8. The Balaban J connectivity index is 2.34. The maximum absolute atomic E-state index is 13.2. The number of carboxylic acid groups (broad SMARTS) is 1. The van der Waals surface area contributed by atoms with Crippen molar-refractivity contribution in [3.05, 3.63) is 59.2 Å². The normalized spacial score (nSPS) is 11.5. The Kier molecular flexibility index (Phi) is 5.36. The molecule has 0 amide bonds. The number of rotatable bonds is 5. The highest BCUT2D eigenvalue weighted by atomic mass is 32.2. The van der Waals surface area contributed by atoms with Crippen molar-refractivity contribution in [2.45, 2.75) is 35.7 Å². The maximum Gasteiger partial charge on any atom is 0.417 e. The third kappa shape index (κ3) is 4.76. The Morgan fingerprint density at radius 3 is 2.22 bits per heavy atom. The topological polar surface area (TPSA) is 37.3 Å². The molecular formula is C17H15F3O2S. The van der Waals surface area contributed by atoms with Gasteiger partial charge in [-0.25, -0.2) is 0 Å². The molecule has 23 heavy (non-hydrogen) atoms. The third-order valence-electron chi connectivity index (χ3n) is 3.26. The van der Waals surface area contributed by atoms with Crippen LogP contribution in [0.25, 0.3) is 0 Å². The smallest absolute Gasteiger partial charge is 0.417 e. The molecule has 1 N–H and O–H groups in total. The molecule has 0 saturated heterocycles. The van der Waals surface area contributed by atoms with Gasteiger partial charge in [0.15, 0.2) is 0 Å². The minimum atomic E-state index is -4.53. The van der Waals surface area contributed by atoms with Crippen LogP contribution in [0.4, 0.5) is 13.2 Å². The summed E-state index contributed by atoms with van der Waals surface area (Å²) in [6.45, 7) is 2.01. The number of aliphatic carboxylic acids is 1. The molecule has 0 aliphatic heterocycles. The lowest BCUT2D eigenvalue weighted by atomic mass is 10.1. The average molecular weight is 340 g/mol. The van der Waals surface area contributed by atoms with Gasteiger partial charge in [-0.1, -0.05) is 36.9 Å². The van der Waals surface area contributed by atoms with E-state index in [-0.39, 0.29) is 10.5 Å². The van der Waals surface area contributed by atoms with E-state index in [4.69, 9.17) is 5.11 Å². The minimum absolute atomic E-state index is 0.0656. The van der Waals surface area contributed by atoms with Crippen molar-refractivity contribution in [3.8, 4) is 0 Å². The van der Waals surface area contributed by atoms with E-state index in [0.29, 0.717) is 4.90 Å². The van der Waals surface area contributed by atoms with Gasteiger partial charge in [0, 0.05) is 9.79 Å². The number of alkyl halides is 3. The number of carboxylic acids is 1.